The van der Waals surface area contributed by atoms with Crippen molar-refractivity contribution in [2.45, 2.75) is 52.4 Å². The molecular weight excluding hydrogens is 420 g/mol. The minimum atomic E-state index is 0.618. The Labute approximate surface area is 202 Å². The lowest BCUT2D eigenvalue weighted by molar-refractivity contribution is 0.470. The van der Waals surface area contributed by atoms with Crippen molar-refractivity contribution < 1.29 is 9.47 Å². The topological polar surface area (TPSA) is 70.5 Å². The van der Waals surface area contributed by atoms with Gasteiger partial charge in [-0.05, 0) is 84.5 Å². The Hall–Kier alpha value is -3.66. The van der Waals surface area contributed by atoms with Gasteiger partial charge in [0.2, 0.25) is 0 Å². The summed E-state index contributed by atoms with van der Waals surface area (Å²) in [7, 11) is 0. The van der Waals surface area contributed by atoms with Gasteiger partial charge < -0.3 is 20.9 Å². The van der Waals surface area contributed by atoms with Crippen LogP contribution in [0.5, 0.6) is 23.0 Å². The molecule has 4 aromatic rings. The van der Waals surface area contributed by atoms with E-state index < -0.39 is 0 Å². The molecule has 4 N–H and O–H groups in total. The zero-order valence-electron chi connectivity index (χ0n) is 20.1. The van der Waals surface area contributed by atoms with Crippen LogP contribution in [0.2, 0.25) is 0 Å². The summed E-state index contributed by atoms with van der Waals surface area (Å²) in [5.41, 5.74) is 16.1. The molecule has 0 heterocycles. The summed E-state index contributed by atoms with van der Waals surface area (Å²) in [6.45, 7) is 4.43. The Balaban J connectivity index is 1.85. The molecule has 0 spiro atoms. The van der Waals surface area contributed by atoms with E-state index in [0.29, 0.717) is 22.9 Å². The Morgan fingerprint density at radius 2 is 1.29 bits per heavy atom. The van der Waals surface area contributed by atoms with Crippen LogP contribution in [0.25, 0.3) is 10.8 Å². The van der Waals surface area contributed by atoms with Crippen LogP contribution >= 0.6 is 0 Å². The van der Waals surface area contributed by atoms with E-state index in [2.05, 4.69) is 32.0 Å². The van der Waals surface area contributed by atoms with Gasteiger partial charge in [-0.25, -0.2) is 0 Å². The normalized spacial score (nSPS) is 11.0. The van der Waals surface area contributed by atoms with E-state index in [4.69, 9.17) is 20.9 Å². The number of unbranched alkanes of at least 4 members (excludes halogenated alkanes) is 2. The summed E-state index contributed by atoms with van der Waals surface area (Å²) in [5.74, 6) is 3.05. The number of hydrogen-bond donors (Lipinski definition) is 2. The zero-order chi connectivity index (χ0) is 23.9. The average Bonchev–Trinajstić information content (AvgIpc) is 2.85. The molecule has 0 amide bonds. The highest BCUT2D eigenvalue weighted by Gasteiger charge is 2.17. The smallest absolute Gasteiger partial charge is 0.150 e. The van der Waals surface area contributed by atoms with Crippen molar-refractivity contribution >= 4 is 22.1 Å². The molecule has 0 atom stereocenters. The van der Waals surface area contributed by atoms with Crippen molar-refractivity contribution in [3.8, 4) is 23.0 Å². The molecule has 0 aliphatic carbocycles. The number of para-hydroxylation sites is 4. The molecule has 0 bridgehead atoms. The molecule has 0 unspecified atom stereocenters. The van der Waals surface area contributed by atoms with Gasteiger partial charge in [-0.15, -0.1) is 0 Å². The van der Waals surface area contributed by atoms with Crippen LogP contribution in [-0.2, 0) is 12.8 Å². The average molecular weight is 455 g/mol. The first-order chi connectivity index (χ1) is 16.6. The third-order valence-corrected chi connectivity index (χ3v) is 6.10. The SMILES string of the molecule is CCCCc1cc2ccc(Oc3ccccc3N)cc2c(CCCC)c1Oc1ccccc1N. The summed E-state index contributed by atoms with van der Waals surface area (Å²) in [4.78, 5) is 0. The molecule has 4 heteroatoms. The van der Waals surface area contributed by atoms with Crippen LogP contribution in [-0.4, -0.2) is 0 Å². The van der Waals surface area contributed by atoms with Gasteiger partial charge in [0.1, 0.15) is 23.0 Å². The third-order valence-electron chi connectivity index (χ3n) is 6.10. The van der Waals surface area contributed by atoms with Crippen LogP contribution in [0, 0.1) is 0 Å². The number of hydrogen-bond acceptors (Lipinski definition) is 4. The summed E-state index contributed by atoms with van der Waals surface area (Å²) < 4.78 is 12.7. The highest BCUT2D eigenvalue weighted by Crippen LogP contribution is 2.40. The first-order valence-corrected chi connectivity index (χ1v) is 12.2. The van der Waals surface area contributed by atoms with Crippen LogP contribution in [0.4, 0.5) is 11.4 Å². The van der Waals surface area contributed by atoms with Gasteiger partial charge in [-0.1, -0.05) is 57.0 Å². The first kappa shape index (κ1) is 23.5. The Kier molecular flexibility index (Phi) is 7.58. The van der Waals surface area contributed by atoms with Crippen molar-refractivity contribution in [3.63, 3.8) is 0 Å². The van der Waals surface area contributed by atoms with Gasteiger partial charge in [0.05, 0.1) is 11.4 Å². The third kappa shape index (κ3) is 5.28. The molecule has 4 aromatic carbocycles. The predicted octanol–water partition coefficient (Wildman–Crippen LogP) is 8.27. The summed E-state index contributed by atoms with van der Waals surface area (Å²) >= 11 is 0. The maximum Gasteiger partial charge on any atom is 0.150 e. The minimum absolute atomic E-state index is 0.618. The molecule has 0 radical (unpaired) electrons. The Bertz CT molecular complexity index is 1270. The molecule has 0 fully saturated rings. The predicted molar refractivity (Wildman–Crippen MR) is 143 cm³/mol. The highest BCUT2D eigenvalue weighted by molar-refractivity contribution is 5.90. The van der Waals surface area contributed by atoms with E-state index in [0.717, 1.165) is 55.4 Å². The number of anilines is 2. The second-order valence-corrected chi connectivity index (χ2v) is 8.71. The van der Waals surface area contributed by atoms with E-state index >= 15 is 0 Å². The largest absolute Gasteiger partial charge is 0.455 e. The monoisotopic (exact) mass is 454 g/mol. The van der Waals surface area contributed by atoms with E-state index in [1.165, 1.54) is 16.5 Å². The lowest BCUT2D eigenvalue weighted by Gasteiger charge is -2.20. The molecular formula is C30H34N2O2. The van der Waals surface area contributed by atoms with Crippen molar-refractivity contribution in [2.75, 3.05) is 11.5 Å². The molecule has 176 valence electrons. The fourth-order valence-electron chi connectivity index (χ4n) is 4.22. The van der Waals surface area contributed by atoms with Crippen molar-refractivity contribution in [2.24, 2.45) is 0 Å². The molecule has 0 saturated carbocycles. The number of nitrogen functional groups attached to an aromatic ring is 2. The maximum atomic E-state index is 6.57. The minimum Gasteiger partial charge on any atom is -0.455 e. The fraction of sp³-hybridized carbons (Fsp3) is 0.267. The van der Waals surface area contributed by atoms with Crippen LogP contribution < -0.4 is 20.9 Å². The molecule has 4 nitrogen and oxygen atoms in total. The van der Waals surface area contributed by atoms with E-state index in [1.807, 2.05) is 54.6 Å². The van der Waals surface area contributed by atoms with Gasteiger partial charge >= 0.3 is 0 Å². The quantitative estimate of drug-likeness (QED) is 0.237. The summed E-state index contributed by atoms with van der Waals surface area (Å²) in [6.07, 6.45) is 6.29. The maximum absolute atomic E-state index is 6.57. The van der Waals surface area contributed by atoms with Crippen LogP contribution in [0.3, 0.4) is 0 Å². The van der Waals surface area contributed by atoms with Crippen molar-refractivity contribution in [1.82, 2.24) is 0 Å². The number of rotatable bonds is 10. The second-order valence-electron chi connectivity index (χ2n) is 8.71. The Morgan fingerprint density at radius 3 is 1.94 bits per heavy atom. The molecule has 34 heavy (non-hydrogen) atoms. The van der Waals surface area contributed by atoms with Gasteiger partial charge in [-0.2, -0.15) is 0 Å². The molecule has 0 aliphatic rings. The molecule has 0 aromatic heterocycles. The summed E-state index contributed by atoms with van der Waals surface area (Å²) in [6, 6.07) is 23.8. The van der Waals surface area contributed by atoms with Gasteiger partial charge in [0.25, 0.3) is 0 Å². The lowest BCUT2D eigenvalue weighted by Crippen LogP contribution is -2.02. The summed E-state index contributed by atoms with van der Waals surface area (Å²) in [5, 5.41) is 2.34. The standard InChI is InChI=1S/C30H34N2O2/c1-3-5-11-22-19-21-17-18-23(33-28-15-9-7-13-26(28)31)20-25(21)24(12-6-4-2)30(22)34-29-16-10-8-14-27(29)32/h7-10,13-20H,3-6,11-12,31-32H2,1-2H3. The second kappa shape index (κ2) is 11.0. The van der Waals surface area contributed by atoms with E-state index in [9.17, 15) is 0 Å². The molecule has 4 rings (SSSR count). The number of fused-ring (bicyclic) bond motifs is 1. The van der Waals surface area contributed by atoms with Gasteiger partial charge in [-0.3, -0.25) is 0 Å². The first-order valence-electron chi connectivity index (χ1n) is 12.2. The number of nitrogens with two attached hydrogens (primary N) is 2. The highest BCUT2D eigenvalue weighted by atomic mass is 16.5. The molecule has 0 saturated heterocycles. The fourth-order valence-corrected chi connectivity index (χ4v) is 4.22. The number of aryl methyl sites for hydroxylation is 2. The van der Waals surface area contributed by atoms with E-state index in [1.54, 1.807) is 0 Å². The number of ether oxygens (including phenoxy) is 2. The Morgan fingerprint density at radius 1 is 0.676 bits per heavy atom. The van der Waals surface area contributed by atoms with Crippen LogP contribution in [0.15, 0.2) is 72.8 Å². The van der Waals surface area contributed by atoms with Crippen molar-refractivity contribution in [1.29, 1.82) is 0 Å². The number of benzene rings is 4. The van der Waals surface area contributed by atoms with E-state index in [-0.39, 0.29) is 0 Å². The van der Waals surface area contributed by atoms with Gasteiger partial charge in [0, 0.05) is 5.56 Å². The van der Waals surface area contributed by atoms with Crippen molar-refractivity contribution in [3.05, 3.63) is 83.9 Å². The van der Waals surface area contributed by atoms with Gasteiger partial charge in [0.15, 0.2) is 0 Å². The zero-order valence-corrected chi connectivity index (χ0v) is 20.1. The lowest BCUT2D eigenvalue weighted by atomic mass is 9.93. The molecule has 0 aliphatic heterocycles. The van der Waals surface area contributed by atoms with Crippen LogP contribution in [0.1, 0.15) is 50.7 Å².